The topological polar surface area (TPSA) is 29.5 Å². The lowest BCUT2D eigenvalue weighted by Crippen LogP contribution is -1.93. The second-order valence-corrected chi connectivity index (χ2v) is 4.08. The number of thiol groups is 1. The summed E-state index contributed by atoms with van der Waals surface area (Å²) in [6.45, 7) is 4.04. The third-order valence-corrected chi connectivity index (χ3v) is 2.49. The predicted molar refractivity (Wildman–Crippen MR) is 65.0 cm³/mol. The zero-order chi connectivity index (χ0) is 11.4. The van der Waals surface area contributed by atoms with Gasteiger partial charge in [-0.3, -0.25) is 0 Å². The van der Waals surface area contributed by atoms with Gasteiger partial charge in [-0.2, -0.15) is 0 Å². The normalized spacial score (nSPS) is 9.87. The Kier molecular flexibility index (Phi) is 4.09. The maximum atomic E-state index is 9.72. The Bertz CT molecular complexity index is 379. The summed E-state index contributed by atoms with van der Waals surface area (Å²) in [6.07, 6.45) is 2.70. The van der Waals surface area contributed by atoms with Crippen LogP contribution in [0.5, 0.6) is 11.5 Å². The highest BCUT2D eigenvalue weighted by molar-refractivity contribution is 7.80. The quantitative estimate of drug-likeness (QED) is 0.610. The Morgan fingerprint density at radius 1 is 1.47 bits per heavy atom. The lowest BCUT2D eigenvalue weighted by molar-refractivity contribution is 0.391. The van der Waals surface area contributed by atoms with Crippen molar-refractivity contribution in [3.63, 3.8) is 0 Å². The van der Waals surface area contributed by atoms with Crippen LogP contribution >= 0.6 is 12.6 Å². The molecule has 3 heteroatoms. The van der Waals surface area contributed by atoms with Gasteiger partial charge in [0, 0.05) is 10.5 Å². The molecular weight excluding hydrogens is 208 g/mol. The molecule has 0 saturated heterocycles. The van der Waals surface area contributed by atoms with E-state index in [1.165, 1.54) is 5.57 Å². The van der Waals surface area contributed by atoms with Crippen LogP contribution in [-0.4, -0.2) is 12.2 Å². The van der Waals surface area contributed by atoms with Crippen molar-refractivity contribution in [1.29, 1.82) is 0 Å². The number of ether oxygens (including phenoxy) is 1. The SMILES string of the molecule is COc1c(S)ccc(O)c1CC=C(C)C. The molecule has 0 amide bonds. The highest BCUT2D eigenvalue weighted by atomic mass is 32.1. The number of methoxy groups -OCH3 is 1. The minimum Gasteiger partial charge on any atom is -0.508 e. The Morgan fingerprint density at radius 2 is 2.13 bits per heavy atom. The molecule has 0 unspecified atom stereocenters. The summed E-state index contributed by atoms with van der Waals surface area (Å²) in [7, 11) is 1.58. The largest absolute Gasteiger partial charge is 0.508 e. The average molecular weight is 224 g/mol. The van der Waals surface area contributed by atoms with E-state index in [0.29, 0.717) is 12.2 Å². The number of hydrogen-bond acceptors (Lipinski definition) is 3. The van der Waals surface area contributed by atoms with Crippen LogP contribution in [0.25, 0.3) is 0 Å². The molecule has 0 bridgehead atoms. The van der Waals surface area contributed by atoms with Gasteiger partial charge >= 0.3 is 0 Å². The van der Waals surface area contributed by atoms with E-state index in [9.17, 15) is 5.11 Å². The fourth-order valence-corrected chi connectivity index (χ4v) is 1.64. The monoisotopic (exact) mass is 224 g/mol. The molecule has 1 N–H and O–H groups in total. The summed E-state index contributed by atoms with van der Waals surface area (Å²) in [4.78, 5) is 0.743. The summed E-state index contributed by atoms with van der Waals surface area (Å²) < 4.78 is 5.22. The molecule has 1 aromatic rings. The van der Waals surface area contributed by atoms with Gasteiger partial charge in [-0.05, 0) is 32.4 Å². The Morgan fingerprint density at radius 3 is 2.67 bits per heavy atom. The molecule has 0 aliphatic rings. The number of hydrogen-bond donors (Lipinski definition) is 2. The lowest BCUT2D eigenvalue weighted by Gasteiger charge is -2.11. The Balaban J connectivity index is 3.13. The molecule has 0 atom stereocenters. The molecule has 1 rings (SSSR count). The molecule has 0 aliphatic carbocycles. The van der Waals surface area contributed by atoms with Crippen LogP contribution in [0.1, 0.15) is 19.4 Å². The number of aromatic hydroxyl groups is 1. The van der Waals surface area contributed by atoms with E-state index in [-0.39, 0.29) is 5.75 Å². The molecule has 82 valence electrons. The molecular formula is C12H16O2S. The van der Waals surface area contributed by atoms with Gasteiger partial charge in [-0.15, -0.1) is 12.6 Å². The predicted octanol–water partition coefficient (Wildman–Crippen LogP) is 3.20. The van der Waals surface area contributed by atoms with Crippen LogP contribution in [0.4, 0.5) is 0 Å². The first-order valence-corrected chi connectivity index (χ1v) is 5.22. The van der Waals surface area contributed by atoms with Gasteiger partial charge in [0.25, 0.3) is 0 Å². The van der Waals surface area contributed by atoms with Gasteiger partial charge in [-0.1, -0.05) is 11.6 Å². The van der Waals surface area contributed by atoms with Crippen molar-refractivity contribution in [2.75, 3.05) is 7.11 Å². The maximum Gasteiger partial charge on any atom is 0.139 e. The van der Waals surface area contributed by atoms with Gasteiger partial charge in [0.15, 0.2) is 0 Å². The van der Waals surface area contributed by atoms with Crippen molar-refractivity contribution >= 4 is 12.6 Å². The van der Waals surface area contributed by atoms with Crippen LogP contribution in [0, 0.1) is 0 Å². The highest BCUT2D eigenvalue weighted by Gasteiger charge is 2.10. The summed E-state index contributed by atoms with van der Waals surface area (Å²) in [5.41, 5.74) is 1.99. The smallest absolute Gasteiger partial charge is 0.139 e. The van der Waals surface area contributed by atoms with Crippen LogP contribution in [0.15, 0.2) is 28.7 Å². The van der Waals surface area contributed by atoms with Crippen molar-refractivity contribution in [1.82, 2.24) is 0 Å². The number of phenolic OH excluding ortho intramolecular Hbond substituents is 1. The summed E-state index contributed by atoms with van der Waals surface area (Å²) in [6, 6.07) is 3.36. The van der Waals surface area contributed by atoms with Crippen LogP contribution in [0.2, 0.25) is 0 Å². The average Bonchev–Trinajstić information content (AvgIpc) is 2.19. The van der Waals surface area contributed by atoms with Gasteiger partial charge < -0.3 is 9.84 Å². The van der Waals surface area contributed by atoms with Crippen LogP contribution in [-0.2, 0) is 6.42 Å². The van der Waals surface area contributed by atoms with Gasteiger partial charge in [0.05, 0.1) is 7.11 Å². The molecule has 0 saturated carbocycles. The van der Waals surface area contributed by atoms with Crippen LogP contribution in [0.3, 0.4) is 0 Å². The molecule has 15 heavy (non-hydrogen) atoms. The van der Waals surface area contributed by atoms with Crippen molar-refractivity contribution in [2.45, 2.75) is 25.2 Å². The fourth-order valence-electron chi connectivity index (χ4n) is 1.34. The molecule has 1 aromatic carbocycles. The van der Waals surface area contributed by atoms with E-state index < -0.39 is 0 Å². The summed E-state index contributed by atoms with van der Waals surface area (Å²) in [5, 5.41) is 9.72. The Labute approximate surface area is 96.0 Å². The summed E-state index contributed by atoms with van der Waals surface area (Å²) >= 11 is 4.28. The minimum atomic E-state index is 0.252. The summed E-state index contributed by atoms with van der Waals surface area (Å²) in [5.74, 6) is 0.901. The van der Waals surface area contributed by atoms with E-state index in [2.05, 4.69) is 12.6 Å². The minimum absolute atomic E-state index is 0.252. The van der Waals surface area contributed by atoms with Crippen molar-refractivity contribution in [3.05, 3.63) is 29.3 Å². The van der Waals surface area contributed by atoms with Crippen molar-refractivity contribution in [2.24, 2.45) is 0 Å². The number of allylic oxidation sites excluding steroid dienone is 2. The number of rotatable bonds is 3. The standard InChI is InChI=1S/C12H16O2S/c1-8(2)4-5-9-10(13)6-7-11(15)12(9)14-3/h4,6-7,13,15H,5H2,1-3H3. The molecule has 0 heterocycles. The third kappa shape index (κ3) is 2.93. The maximum absolute atomic E-state index is 9.72. The lowest BCUT2D eigenvalue weighted by atomic mass is 10.1. The first-order valence-electron chi connectivity index (χ1n) is 4.77. The molecule has 0 spiro atoms. The zero-order valence-corrected chi connectivity index (χ0v) is 10.1. The molecule has 0 aliphatic heterocycles. The molecule has 0 radical (unpaired) electrons. The first-order chi connectivity index (χ1) is 7.06. The second-order valence-electron chi connectivity index (χ2n) is 3.60. The number of phenols is 1. The van der Waals surface area contributed by atoms with Gasteiger partial charge in [-0.25, -0.2) is 0 Å². The van der Waals surface area contributed by atoms with E-state index >= 15 is 0 Å². The highest BCUT2D eigenvalue weighted by Crippen LogP contribution is 2.34. The number of benzene rings is 1. The van der Waals surface area contributed by atoms with E-state index in [1.54, 1.807) is 19.2 Å². The Hall–Kier alpha value is -1.09. The van der Waals surface area contributed by atoms with Gasteiger partial charge in [0.2, 0.25) is 0 Å². The third-order valence-electron chi connectivity index (χ3n) is 2.13. The van der Waals surface area contributed by atoms with Crippen LogP contribution < -0.4 is 4.74 Å². The molecule has 0 aromatic heterocycles. The second kappa shape index (κ2) is 5.12. The van der Waals surface area contributed by atoms with E-state index in [4.69, 9.17) is 4.74 Å². The van der Waals surface area contributed by atoms with Gasteiger partial charge in [0.1, 0.15) is 11.5 Å². The van der Waals surface area contributed by atoms with E-state index in [0.717, 1.165) is 10.5 Å². The fraction of sp³-hybridized carbons (Fsp3) is 0.333. The van der Waals surface area contributed by atoms with Crippen molar-refractivity contribution < 1.29 is 9.84 Å². The van der Waals surface area contributed by atoms with Crippen molar-refractivity contribution in [3.8, 4) is 11.5 Å². The zero-order valence-electron chi connectivity index (χ0n) is 9.24. The molecule has 2 nitrogen and oxygen atoms in total. The first kappa shape index (κ1) is 12.0. The molecule has 0 fully saturated rings. The van der Waals surface area contributed by atoms with E-state index in [1.807, 2.05) is 19.9 Å².